The zero-order valence-corrected chi connectivity index (χ0v) is 25.9. The molecule has 2 aromatic heterocycles. The summed E-state index contributed by atoms with van der Waals surface area (Å²) in [5.41, 5.74) is 4.17. The number of aromatic amines is 1. The first-order valence-corrected chi connectivity index (χ1v) is 16.9. The van der Waals surface area contributed by atoms with Gasteiger partial charge < -0.3 is 24.7 Å². The van der Waals surface area contributed by atoms with Crippen LogP contribution >= 0.6 is 7.14 Å². The number of H-pyrrole nitrogens is 1. The number of hydrogen-bond acceptors (Lipinski definition) is 5. The van der Waals surface area contributed by atoms with Gasteiger partial charge >= 0.3 is 0 Å². The van der Waals surface area contributed by atoms with Crippen LogP contribution in [0.1, 0.15) is 29.7 Å². The molecule has 1 saturated heterocycles. The molecule has 0 unspecified atom stereocenters. The molecule has 3 N–H and O–H groups in total. The lowest BCUT2D eigenvalue weighted by Gasteiger charge is -2.28. The van der Waals surface area contributed by atoms with Crippen LogP contribution in [0.5, 0.6) is 0 Å². The van der Waals surface area contributed by atoms with Crippen LogP contribution in [0.25, 0.3) is 27.9 Å². The fourth-order valence-corrected chi connectivity index (χ4v) is 9.04. The van der Waals surface area contributed by atoms with Gasteiger partial charge in [-0.25, -0.2) is 9.37 Å². The average molecular weight is 612 g/mol. The number of aromatic nitrogens is 3. The van der Waals surface area contributed by atoms with Gasteiger partial charge in [-0.3, -0.25) is 9.59 Å². The third-order valence-corrected chi connectivity index (χ3v) is 11.9. The zero-order chi connectivity index (χ0) is 31.0. The molecule has 3 heterocycles. The van der Waals surface area contributed by atoms with Crippen molar-refractivity contribution in [2.45, 2.75) is 26.7 Å². The van der Waals surface area contributed by atoms with Gasteiger partial charge in [-0.1, -0.05) is 42.5 Å². The highest BCUT2D eigenvalue weighted by molar-refractivity contribution is 7.71. The molecule has 0 saturated carbocycles. The Labute approximate surface area is 254 Å². The number of amides is 1. The second kappa shape index (κ2) is 11.9. The van der Waals surface area contributed by atoms with E-state index in [2.05, 4.69) is 20.6 Å². The molecule has 0 bridgehead atoms. The first kappa shape index (κ1) is 29.6. The molecule has 44 heavy (non-hydrogen) atoms. The minimum absolute atomic E-state index is 0.0310. The molecule has 0 aliphatic carbocycles. The predicted octanol–water partition coefficient (Wildman–Crippen LogP) is 6.14. The third kappa shape index (κ3) is 5.60. The Morgan fingerprint density at radius 1 is 1.11 bits per heavy atom. The van der Waals surface area contributed by atoms with Crippen LogP contribution in [0.3, 0.4) is 0 Å². The van der Waals surface area contributed by atoms with Crippen molar-refractivity contribution >= 4 is 57.9 Å². The van der Waals surface area contributed by atoms with E-state index in [4.69, 9.17) is 0 Å². The number of anilines is 2. The van der Waals surface area contributed by atoms with E-state index in [0.29, 0.717) is 59.8 Å². The van der Waals surface area contributed by atoms with Crippen LogP contribution in [0.2, 0.25) is 0 Å². The molecular weight excluding hydrogens is 576 g/mol. The van der Waals surface area contributed by atoms with Crippen LogP contribution in [-0.4, -0.2) is 39.3 Å². The number of carbonyl (C=O) groups excluding carboxylic acids is 1. The van der Waals surface area contributed by atoms with E-state index >= 15 is 0 Å². The standard InChI is InChI=1S/C34H35FN5O3P/c1-21-20-24(35)11-13-27(21)38-34-39-29-14-12-26-22(2)28(37-33(42)30(26)31(29)40(34)3)10-7-17-36-32(41)23-15-18-44(43,19-16-23)25-8-5-4-6-9-25/h4-14,20,23H,15-19H2,1-3H3,(H,36,41)(H,37,42)(H,38,39)/b10-7+. The van der Waals surface area contributed by atoms with Crippen LogP contribution in [0.15, 0.2) is 71.5 Å². The molecule has 0 spiro atoms. The molecule has 0 radical (unpaired) electrons. The summed E-state index contributed by atoms with van der Waals surface area (Å²) in [6.07, 6.45) is 5.98. The lowest BCUT2D eigenvalue weighted by molar-refractivity contribution is -0.125. The number of imidazole rings is 1. The first-order valence-electron chi connectivity index (χ1n) is 14.8. The highest BCUT2D eigenvalue weighted by Crippen LogP contribution is 2.50. The van der Waals surface area contributed by atoms with Gasteiger partial charge in [0.2, 0.25) is 11.9 Å². The van der Waals surface area contributed by atoms with Crippen molar-refractivity contribution in [3.05, 3.63) is 99.7 Å². The van der Waals surface area contributed by atoms with Gasteiger partial charge in [0.05, 0.1) is 16.4 Å². The maximum absolute atomic E-state index is 13.6. The lowest BCUT2D eigenvalue weighted by Crippen LogP contribution is -2.34. The van der Waals surface area contributed by atoms with Gasteiger partial charge in [0.15, 0.2) is 0 Å². The summed E-state index contributed by atoms with van der Waals surface area (Å²) in [6.45, 7) is 4.09. The molecular formula is C34H35FN5O3P. The maximum Gasteiger partial charge on any atom is 0.258 e. The normalized spacial score (nSPS) is 18.7. The van der Waals surface area contributed by atoms with Crippen LogP contribution < -0.4 is 21.5 Å². The molecule has 226 valence electrons. The van der Waals surface area contributed by atoms with Crippen LogP contribution in [0, 0.1) is 25.6 Å². The molecule has 1 aliphatic heterocycles. The van der Waals surface area contributed by atoms with Gasteiger partial charge in [0.25, 0.3) is 5.56 Å². The summed E-state index contributed by atoms with van der Waals surface area (Å²) in [7, 11) is -0.590. The van der Waals surface area contributed by atoms with Gasteiger partial charge in [-0.2, -0.15) is 0 Å². The van der Waals surface area contributed by atoms with Crippen molar-refractivity contribution in [2.75, 3.05) is 24.2 Å². The highest BCUT2D eigenvalue weighted by atomic mass is 31.2. The fourth-order valence-electron chi connectivity index (χ4n) is 6.12. The number of fused-ring (bicyclic) bond motifs is 3. The Morgan fingerprint density at radius 2 is 1.86 bits per heavy atom. The molecule has 6 rings (SSSR count). The Bertz CT molecular complexity index is 2020. The number of pyridine rings is 1. The number of nitrogens with zero attached hydrogens (tertiary/aromatic N) is 2. The number of carbonyl (C=O) groups is 1. The highest BCUT2D eigenvalue weighted by Gasteiger charge is 2.34. The van der Waals surface area contributed by atoms with E-state index in [1.165, 1.54) is 12.1 Å². The molecule has 5 aromatic rings. The van der Waals surface area contributed by atoms with Crippen molar-refractivity contribution in [1.29, 1.82) is 0 Å². The Morgan fingerprint density at radius 3 is 2.59 bits per heavy atom. The molecule has 1 amide bonds. The molecule has 0 atom stereocenters. The lowest BCUT2D eigenvalue weighted by atomic mass is 10.0. The molecule has 1 fully saturated rings. The summed E-state index contributed by atoms with van der Waals surface area (Å²) in [5.74, 6) is 0.0551. The average Bonchev–Trinajstić information content (AvgIpc) is 3.34. The molecule has 3 aromatic carbocycles. The van der Waals surface area contributed by atoms with Crippen molar-refractivity contribution < 1.29 is 13.8 Å². The van der Waals surface area contributed by atoms with Crippen molar-refractivity contribution in [3.8, 4) is 0 Å². The predicted molar refractivity (Wildman–Crippen MR) is 176 cm³/mol. The monoisotopic (exact) mass is 611 g/mol. The first-order chi connectivity index (χ1) is 21.1. The Kier molecular flexibility index (Phi) is 7.99. The van der Waals surface area contributed by atoms with Crippen LogP contribution in [0.4, 0.5) is 16.0 Å². The minimum atomic E-state index is -2.43. The fraction of sp³-hybridized carbons (Fsp3) is 0.265. The van der Waals surface area contributed by atoms with Gasteiger partial charge in [0.1, 0.15) is 13.0 Å². The van der Waals surface area contributed by atoms with Gasteiger partial charge in [0, 0.05) is 48.5 Å². The zero-order valence-electron chi connectivity index (χ0n) is 25.0. The summed E-state index contributed by atoms with van der Waals surface area (Å²) < 4.78 is 28.8. The van der Waals surface area contributed by atoms with Crippen LogP contribution in [-0.2, 0) is 16.4 Å². The summed E-state index contributed by atoms with van der Waals surface area (Å²) >= 11 is 0. The molecule has 1 aliphatic rings. The summed E-state index contributed by atoms with van der Waals surface area (Å²) in [6, 6.07) is 17.9. The molecule has 10 heteroatoms. The minimum Gasteiger partial charge on any atom is -0.352 e. The van der Waals surface area contributed by atoms with Crippen molar-refractivity contribution in [1.82, 2.24) is 19.9 Å². The number of aryl methyl sites for hydroxylation is 3. The van der Waals surface area contributed by atoms with E-state index in [1.807, 2.05) is 80.1 Å². The second-order valence-corrected chi connectivity index (χ2v) is 14.7. The second-order valence-electron chi connectivity index (χ2n) is 11.5. The molecule has 8 nitrogen and oxygen atoms in total. The van der Waals surface area contributed by atoms with Crippen molar-refractivity contribution in [3.63, 3.8) is 0 Å². The number of hydrogen-bond donors (Lipinski definition) is 3. The number of benzene rings is 3. The number of halogens is 1. The third-order valence-electron chi connectivity index (χ3n) is 8.71. The smallest absolute Gasteiger partial charge is 0.258 e. The number of rotatable bonds is 7. The summed E-state index contributed by atoms with van der Waals surface area (Å²) in [4.78, 5) is 33.9. The van der Waals surface area contributed by atoms with E-state index in [0.717, 1.165) is 27.5 Å². The SMILES string of the molecule is Cc1cc(F)ccc1Nc1nc2ccc3c(C)c(/C=C/CNC(=O)C4CCP(=O)(c5ccccc5)CC4)[nH]c(=O)c3c2n1C. The van der Waals surface area contributed by atoms with Crippen molar-refractivity contribution in [2.24, 2.45) is 13.0 Å². The van der Waals surface area contributed by atoms with E-state index in [-0.39, 0.29) is 23.2 Å². The summed E-state index contributed by atoms with van der Waals surface area (Å²) in [5, 5.41) is 8.48. The topological polar surface area (TPSA) is 109 Å². The van der Waals surface area contributed by atoms with E-state index in [9.17, 15) is 18.5 Å². The largest absolute Gasteiger partial charge is 0.352 e. The van der Waals surface area contributed by atoms with E-state index < -0.39 is 7.14 Å². The Hall–Kier alpha value is -4.49. The number of nitrogens with one attached hydrogen (secondary N) is 3. The van der Waals surface area contributed by atoms with Gasteiger partial charge in [-0.15, -0.1) is 0 Å². The van der Waals surface area contributed by atoms with E-state index in [1.54, 1.807) is 6.07 Å². The van der Waals surface area contributed by atoms with Gasteiger partial charge in [-0.05, 0) is 73.5 Å². The Balaban J connectivity index is 1.15. The maximum atomic E-state index is 13.6. The quantitative estimate of drug-likeness (QED) is 0.192.